The molecule has 62 heavy (non-hydrogen) atoms. The zero-order chi connectivity index (χ0) is 45.5. The van der Waals surface area contributed by atoms with Crippen LogP contribution in [0.25, 0.3) is 32.7 Å². The van der Waals surface area contributed by atoms with Crippen LogP contribution in [0.5, 0.6) is 34.5 Å². The summed E-state index contributed by atoms with van der Waals surface area (Å²) >= 11 is 0. The zero-order valence-electron chi connectivity index (χ0n) is 35.1. The molecule has 4 atom stereocenters. The molecule has 326 valence electrons. The van der Waals surface area contributed by atoms with E-state index < -0.39 is 60.6 Å². The molecule has 0 aliphatic rings. The predicted molar refractivity (Wildman–Crippen MR) is 238 cm³/mol. The maximum atomic E-state index is 12.5. The number of fused-ring (bicyclic) bond motifs is 2. The summed E-state index contributed by atoms with van der Waals surface area (Å²) in [6.45, 7) is 9.44. The molecule has 6 aromatic carbocycles. The van der Waals surface area contributed by atoms with Crippen LogP contribution >= 0.6 is 0 Å². The molecule has 0 saturated heterocycles. The van der Waals surface area contributed by atoms with Crippen molar-refractivity contribution in [3.8, 4) is 45.6 Å². The largest absolute Gasteiger partial charge is 0.507 e. The van der Waals surface area contributed by atoms with Gasteiger partial charge in [-0.15, -0.1) is 0 Å². The van der Waals surface area contributed by atoms with Gasteiger partial charge in [0.15, 0.2) is 23.0 Å². The Bertz CT molecular complexity index is 2520. The summed E-state index contributed by atoms with van der Waals surface area (Å²) < 4.78 is 0. The zero-order valence-corrected chi connectivity index (χ0v) is 35.1. The van der Waals surface area contributed by atoms with Crippen LogP contribution in [0, 0.1) is 13.8 Å². The molecule has 0 unspecified atom stereocenters. The first-order valence-corrected chi connectivity index (χ1v) is 20.0. The van der Waals surface area contributed by atoms with Crippen LogP contribution in [0.4, 0.5) is 11.4 Å². The minimum atomic E-state index is -1.39. The van der Waals surface area contributed by atoms with E-state index in [0.717, 1.165) is 0 Å². The third kappa shape index (κ3) is 8.11. The maximum Gasteiger partial charge on any atom is 0.167 e. The number of rotatable bonds is 13. The van der Waals surface area contributed by atoms with Crippen molar-refractivity contribution in [3.63, 3.8) is 0 Å². The van der Waals surface area contributed by atoms with Crippen LogP contribution in [-0.2, 0) is 0 Å². The number of hydrogen-bond acceptors (Lipinski definition) is 14. The highest BCUT2D eigenvalue weighted by atomic mass is 16.4. The van der Waals surface area contributed by atoms with E-state index in [4.69, 9.17) is 0 Å². The Hall–Kier alpha value is -6.26. The fourth-order valence-electron chi connectivity index (χ4n) is 8.06. The summed E-state index contributed by atoms with van der Waals surface area (Å²) in [5.41, 5.74) is 3.28. The number of aliphatic hydroxyl groups excluding tert-OH is 6. The summed E-state index contributed by atoms with van der Waals surface area (Å²) in [7, 11) is 0. The second-order valence-corrected chi connectivity index (χ2v) is 16.1. The van der Waals surface area contributed by atoms with Crippen molar-refractivity contribution in [1.82, 2.24) is 0 Å². The van der Waals surface area contributed by atoms with Crippen LogP contribution < -0.4 is 0 Å². The van der Waals surface area contributed by atoms with E-state index in [1.54, 1.807) is 26.0 Å². The van der Waals surface area contributed by atoms with E-state index in [2.05, 4.69) is 9.98 Å². The molecule has 6 rings (SSSR count). The number of aromatic hydroxyl groups is 6. The van der Waals surface area contributed by atoms with Crippen molar-refractivity contribution < 1.29 is 61.3 Å². The van der Waals surface area contributed by atoms with Gasteiger partial charge in [-0.25, -0.2) is 0 Å². The van der Waals surface area contributed by atoms with Crippen molar-refractivity contribution in [3.05, 3.63) is 105 Å². The molecule has 0 radical (unpaired) electrons. The average molecular weight is 849 g/mol. The van der Waals surface area contributed by atoms with Crippen molar-refractivity contribution in [2.75, 3.05) is 13.2 Å². The Morgan fingerprint density at radius 1 is 0.484 bits per heavy atom. The lowest BCUT2D eigenvalue weighted by molar-refractivity contribution is -0.0152. The fraction of sp³-hybridized carbons (Fsp3) is 0.292. The van der Waals surface area contributed by atoms with E-state index >= 15 is 0 Å². The van der Waals surface area contributed by atoms with Gasteiger partial charge in [0.05, 0.1) is 35.7 Å². The molecule has 0 aliphatic heterocycles. The number of phenolic OH excluding ortho intramolecular Hbond substituents is 6. The SMILES string of the molecule is Cc1cc2c(C(C)C)c(O)c(O)c(C=Nc3ccc([C@H](O)[C@H](O)CO)cc3)c2c(O)c1-c1c(C)cc2c(C(C)C)c(O)c(O)c(C=Nc3ccc([C@H](O)[C@@H](O)CO)cc3)c2c1O. The van der Waals surface area contributed by atoms with E-state index in [9.17, 15) is 61.3 Å². The quantitative estimate of drug-likeness (QED) is 0.0413. The Morgan fingerprint density at radius 2 is 0.806 bits per heavy atom. The summed E-state index contributed by atoms with van der Waals surface area (Å²) in [4.78, 5) is 8.97. The van der Waals surface area contributed by atoms with Crippen LogP contribution in [-0.4, -0.2) is 99.1 Å². The summed E-state index contributed by atoms with van der Waals surface area (Å²) in [6, 6.07) is 15.6. The van der Waals surface area contributed by atoms with Gasteiger partial charge < -0.3 is 61.3 Å². The predicted octanol–water partition coefficient (Wildman–Crippen LogP) is 7.03. The standard InChI is InChI=1S/C48H52N2O12/c1-21(2)35-29-15-23(5)37(45(59)39(29)31(43(57)47(35)61)17-49-27-11-7-25(8-12-27)41(55)33(53)19-51)38-24(6)16-30-36(22(3)4)48(62)44(58)32(40(30)46(38)60)18-50-28-13-9-26(10-14-28)42(56)34(54)20-52/h7-18,21-22,33-34,41-42,51-62H,19-20H2,1-6H3/t33-,34+,41-,42-/m0/s1. The lowest BCUT2D eigenvalue weighted by Gasteiger charge is -2.23. The molecule has 0 saturated carbocycles. The lowest BCUT2D eigenvalue weighted by Crippen LogP contribution is -2.21. The van der Waals surface area contributed by atoms with Crippen molar-refractivity contribution in [2.24, 2.45) is 9.98 Å². The number of hydrogen-bond donors (Lipinski definition) is 12. The Morgan fingerprint density at radius 3 is 1.10 bits per heavy atom. The number of aryl methyl sites for hydroxylation is 2. The molecule has 0 aromatic heterocycles. The van der Waals surface area contributed by atoms with Crippen molar-refractivity contribution >= 4 is 45.3 Å². The topological polar surface area (TPSA) is 267 Å². The summed E-state index contributed by atoms with van der Waals surface area (Å²) in [6.07, 6.45) is -2.93. The minimum Gasteiger partial charge on any atom is -0.507 e. The Balaban J connectivity index is 1.60. The van der Waals surface area contributed by atoms with Gasteiger partial charge in [0.2, 0.25) is 0 Å². The van der Waals surface area contributed by atoms with Crippen LogP contribution in [0.2, 0.25) is 0 Å². The lowest BCUT2D eigenvalue weighted by atomic mass is 9.83. The smallest absolute Gasteiger partial charge is 0.167 e. The van der Waals surface area contributed by atoms with Gasteiger partial charge in [-0.2, -0.15) is 0 Å². The second kappa shape index (κ2) is 18.0. The third-order valence-corrected chi connectivity index (χ3v) is 11.2. The molecular weight excluding hydrogens is 797 g/mol. The van der Waals surface area contributed by atoms with Gasteiger partial charge in [0.25, 0.3) is 0 Å². The highest BCUT2D eigenvalue weighted by Crippen LogP contribution is 2.54. The van der Waals surface area contributed by atoms with Gasteiger partial charge in [-0.1, -0.05) is 64.1 Å². The van der Waals surface area contributed by atoms with Crippen molar-refractivity contribution in [1.29, 1.82) is 0 Å². The summed E-state index contributed by atoms with van der Waals surface area (Å²) in [5, 5.41) is 131. The van der Waals surface area contributed by atoms with E-state index in [1.807, 2.05) is 27.7 Å². The molecule has 0 fully saturated rings. The fourth-order valence-corrected chi connectivity index (χ4v) is 8.06. The first-order valence-electron chi connectivity index (χ1n) is 20.0. The Labute approximate surface area is 357 Å². The monoisotopic (exact) mass is 848 g/mol. The summed E-state index contributed by atoms with van der Waals surface area (Å²) in [5.74, 6) is -3.30. The molecular formula is C48H52N2O12. The van der Waals surface area contributed by atoms with E-state index in [1.165, 1.54) is 61.0 Å². The van der Waals surface area contributed by atoms with Crippen LogP contribution in [0.3, 0.4) is 0 Å². The highest BCUT2D eigenvalue weighted by molar-refractivity contribution is 6.15. The van der Waals surface area contributed by atoms with E-state index in [-0.39, 0.29) is 56.4 Å². The number of benzene rings is 6. The molecule has 0 amide bonds. The van der Waals surface area contributed by atoms with Crippen LogP contribution in [0.1, 0.15) is 96.2 Å². The second-order valence-electron chi connectivity index (χ2n) is 16.1. The average Bonchev–Trinajstić information content (AvgIpc) is 3.24. The molecule has 14 heteroatoms. The number of phenols is 6. The molecule has 0 spiro atoms. The van der Waals surface area contributed by atoms with Gasteiger partial charge in [0.1, 0.15) is 35.9 Å². The maximum absolute atomic E-state index is 12.5. The van der Waals surface area contributed by atoms with Crippen LogP contribution in [0.15, 0.2) is 70.6 Å². The normalized spacial score (nSPS) is 14.2. The molecule has 12 N–H and O–H groups in total. The Kier molecular flexibility index (Phi) is 13.1. The molecule has 0 heterocycles. The molecule has 14 nitrogen and oxygen atoms in total. The number of aliphatic hydroxyl groups is 6. The van der Waals surface area contributed by atoms with Gasteiger partial charge in [0, 0.05) is 45.5 Å². The molecule has 0 bridgehead atoms. The minimum absolute atomic E-state index is 0.0414. The molecule has 6 aromatic rings. The number of aliphatic imine (C=N–C) groups is 2. The van der Waals surface area contributed by atoms with Crippen molar-refractivity contribution in [2.45, 2.75) is 77.8 Å². The van der Waals surface area contributed by atoms with Gasteiger partial charge in [-0.3, -0.25) is 9.98 Å². The molecule has 0 aliphatic carbocycles. The van der Waals surface area contributed by atoms with Gasteiger partial charge >= 0.3 is 0 Å². The van der Waals surface area contributed by atoms with Gasteiger partial charge in [-0.05, 0) is 83.0 Å². The first kappa shape index (κ1) is 45.3. The first-order chi connectivity index (χ1) is 29.3. The number of nitrogens with zero attached hydrogens (tertiary/aromatic N) is 2. The highest BCUT2D eigenvalue weighted by Gasteiger charge is 2.30. The van der Waals surface area contributed by atoms with E-state index in [0.29, 0.717) is 55.5 Å². The third-order valence-electron chi connectivity index (χ3n) is 11.2.